The maximum absolute atomic E-state index is 9.48. The van der Waals surface area contributed by atoms with E-state index in [4.69, 9.17) is 0 Å². The van der Waals surface area contributed by atoms with Crippen molar-refractivity contribution in [3.05, 3.63) is 0 Å². The van der Waals surface area contributed by atoms with Crippen molar-refractivity contribution in [3.8, 4) is 0 Å². The van der Waals surface area contributed by atoms with Crippen LogP contribution >= 0.6 is 0 Å². The van der Waals surface area contributed by atoms with E-state index in [9.17, 15) is 10.2 Å². The van der Waals surface area contributed by atoms with Gasteiger partial charge < -0.3 is 20.4 Å². The number of nitrogens with one attached hydrogen (secondary N) is 1. The van der Waals surface area contributed by atoms with Gasteiger partial charge in [-0.1, -0.05) is 13.8 Å². The van der Waals surface area contributed by atoms with Gasteiger partial charge in [-0.05, 0) is 51.7 Å². The summed E-state index contributed by atoms with van der Waals surface area (Å²) in [6, 6.07) is 0.422. The third-order valence-electron chi connectivity index (χ3n) is 4.15. The Kier molecular flexibility index (Phi) is 7.15. The fourth-order valence-electron chi connectivity index (χ4n) is 2.74. The van der Waals surface area contributed by atoms with Crippen molar-refractivity contribution < 1.29 is 10.2 Å². The van der Waals surface area contributed by atoms with Gasteiger partial charge in [-0.25, -0.2) is 0 Å². The second-order valence-corrected chi connectivity index (χ2v) is 5.56. The van der Waals surface area contributed by atoms with Crippen LogP contribution in [0.2, 0.25) is 0 Å². The molecule has 1 fully saturated rings. The lowest BCUT2D eigenvalue weighted by molar-refractivity contribution is 0.0755. The summed E-state index contributed by atoms with van der Waals surface area (Å²) >= 11 is 0. The molecule has 0 spiro atoms. The lowest BCUT2D eigenvalue weighted by atomic mass is 9.95. The first-order valence-corrected chi connectivity index (χ1v) is 7.41. The number of likely N-dealkylation sites (tertiary alicyclic amines) is 1. The average Bonchev–Trinajstić information content (AvgIpc) is 2.62. The molecule has 3 N–H and O–H groups in total. The van der Waals surface area contributed by atoms with Crippen LogP contribution in [0.5, 0.6) is 0 Å². The molecule has 1 unspecified atom stereocenters. The quantitative estimate of drug-likeness (QED) is 0.637. The monoisotopic (exact) mass is 258 g/mol. The molecule has 1 aliphatic rings. The molecule has 4 nitrogen and oxygen atoms in total. The van der Waals surface area contributed by atoms with E-state index in [1.165, 1.54) is 25.9 Å². The van der Waals surface area contributed by atoms with Crippen LogP contribution in [0.3, 0.4) is 0 Å². The third-order valence-corrected chi connectivity index (χ3v) is 4.15. The van der Waals surface area contributed by atoms with Gasteiger partial charge in [0.05, 0.1) is 18.8 Å². The largest absolute Gasteiger partial charge is 0.394 e. The topological polar surface area (TPSA) is 55.7 Å². The first kappa shape index (κ1) is 15.9. The molecular weight excluding hydrogens is 228 g/mol. The summed E-state index contributed by atoms with van der Waals surface area (Å²) in [5, 5.41) is 22.5. The van der Waals surface area contributed by atoms with Crippen LogP contribution in [-0.4, -0.2) is 59.5 Å². The Morgan fingerprint density at radius 1 is 1.17 bits per heavy atom. The zero-order valence-electron chi connectivity index (χ0n) is 12.0. The number of hydrogen-bond acceptors (Lipinski definition) is 4. The standard InChI is InChI=1S/C14H30N2O2/c1-3-8-16-9-5-6-13(7-10-16)15-14(4-2,11-17)12-18/h13,15,17-18H,3-12H2,1-2H3. The second-order valence-electron chi connectivity index (χ2n) is 5.56. The Balaban J connectivity index is 2.47. The summed E-state index contributed by atoms with van der Waals surface area (Å²) in [5.74, 6) is 0. The predicted octanol–water partition coefficient (Wildman–Crippen LogP) is 0.974. The van der Waals surface area contributed by atoms with Gasteiger partial charge in [-0.2, -0.15) is 0 Å². The molecule has 108 valence electrons. The second kappa shape index (κ2) is 8.10. The fourth-order valence-corrected chi connectivity index (χ4v) is 2.74. The molecule has 18 heavy (non-hydrogen) atoms. The Bertz CT molecular complexity index is 212. The normalized spacial score (nSPS) is 23.0. The van der Waals surface area contributed by atoms with Crippen molar-refractivity contribution in [1.29, 1.82) is 0 Å². The minimum Gasteiger partial charge on any atom is -0.394 e. The molecule has 0 aromatic rings. The van der Waals surface area contributed by atoms with E-state index >= 15 is 0 Å². The molecule has 1 atom stereocenters. The zero-order valence-corrected chi connectivity index (χ0v) is 12.0. The van der Waals surface area contributed by atoms with Crippen LogP contribution in [0.1, 0.15) is 46.0 Å². The van der Waals surface area contributed by atoms with Gasteiger partial charge in [0, 0.05) is 6.04 Å². The molecule has 1 rings (SSSR count). The van der Waals surface area contributed by atoms with Crippen LogP contribution in [0.25, 0.3) is 0 Å². The highest BCUT2D eigenvalue weighted by atomic mass is 16.3. The number of nitrogens with zero attached hydrogens (tertiary/aromatic N) is 1. The number of rotatable bonds is 7. The molecule has 0 aromatic heterocycles. The first-order chi connectivity index (χ1) is 8.69. The molecular formula is C14H30N2O2. The number of aliphatic hydroxyl groups is 2. The van der Waals surface area contributed by atoms with Gasteiger partial charge >= 0.3 is 0 Å². The molecule has 0 aliphatic carbocycles. The van der Waals surface area contributed by atoms with Crippen molar-refractivity contribution >= 4 is 0 Å². The highest BCUT2D eigenvalue weighted by Crippen LogP contribution is 2.17. The van der Waals surface area contributed by atoms with E-state index in [2.05, 4.69) is 17.1 Å². The van der Waals surface area contributed by atoms with Crippen LogP contribution in [-0.2, 0) is 0 Å². The molecule has 0 saturated carbocycles. The van der Waals surface area contributed by atoms with Crippen molar-refractivity contribution in [2.45, 2.75) is 57.5 Å². The molecule has 1 saturated heterocycles. The van der Waals surface area contributed by atoms with Gasteiger partial charge in [-0.15, -0.1) is 0 Å². The van der Waals surface area contributed by atoms with Gasteiger partial charge in [0.15, 0.2) is 0 Å². The lowest BCUT2D eigenvalue weighted by Crippen LogP contribution is -2.55. The van der Waals surface area contributed by atoms with E-state index < -0.39 is 5.54 Å². The predicted molar refractivity (Wildman–Crippen MR) is 74.7 cm³/mol. The Labute approximate surface area is 111 Å². The van der Waals surface area contributed by atoms with Crippen molar-refractivity contribution in [2.24, 2.45) is 0 Å². The van der Waals surface area contributed by atoms with Gasteiger partial charge in [-0.3, -0.25) is 0 Å². The SMILES string of the molecule is CCCN1CCCC(NC(CC)(CO)CO)CC1. The van der Waals surface area contributed by atoms with E-state index in [1.54, 1.807) is 0 Å². The molecule has 0 aromatic carbocycles. The minimum absolute atomic E-state index is 0.00910. The van der Waals surface area contributed by atoms with Crippen LogP contribution in [0.15, 0.2) is 0 Å². The third kappa shape index (κ3) is 4.50. The van der Waals surface area contributed by atoms with Crippen molar-refractivity contribution in [1.82, 2.24) is 10.2 Å². The zero-order chi connectivity index (χ0) is 13.4. The smallest absolute Gasteiger partial charge is 0.0647 e. The summed E-state index contributed by atoms with van der Waals surface area (Å²) in [4.78, 5) is 2.52. The van der Waals surface area contributed by atoms with E-state index in [1.807, 2.05) is 6.92 Å². The maximum Gasteiger partial charge on any atom is 0.0647 e. The highest BCUT2D eigenvalue weighted by Gasteiger charge is 2.30. The summed E-state index contributed by atoms with van der Waals surface area (Å²) in [6.07, 6.45) is 5.43. The van der Waals surface area contributed by atoms with Crippen LogP contribution in [0.4, 0.5) is 0 Å². The summed E-state index contributed by atoms with van der Waals surface area (Å²) in [6.45, 7) is 7.75. The molecule has 1 heterocycles. The van der Waals surface area contributed by atoms with Gasteiger partial charge in [0.25, 0.3) is 0 Å². The van der Waals surface area contributed by atoms with Crippen LogP contribution in [0, 0.1) is 0 Å². The van der Waals surface area contributed by atoms with Gasteiger partial charge in [0.1, 0.15) is 0 Å². The fraction of sp³-hybridized carbons (Fsp3) is 1.00. The van der Waals surface area contributed by atoms with E-state index in [-0.39, 0.29) is 13.2 Å². The van der Waals surface area contributed by atoms with Crippen molar-refractivity contribution in [2.75, 3.05) is 32.8 Å². The van der Waals surface area contributed by atoms with E-state index in [0.717, 1.165) is 25.8 Å². The molecule has 1 aliphatic heterocycles. The molecule has 0 amide bonds. The molecule has 0 bridgehead atoms. The average molecular weight is 258 g/mol. The Morgan fingerprint density at radius 2 is 1.89 bits per heavy atom. The maximum atomic E-state index is 9.48. The Hall–Kier alpha value is -0.160. The number of aliphatic hydroxyl groups excluding tert-OH is 2. The summed E-state index contributed by atoms with van der Waals surface area (Å²) < 4.78 is 0. The Morgan fingerprint density at radius 3 is 2.44 bits per heavy atom. The molecule has 0 radical (unpaired) electrons. The highest BCUT2D eigenvalue weighted by molar-refractivity contribution is 4.90. The summed E-state index contributed by atoms with van der Waals surface area (Å²) in [7, 11) is 0. The van der Waals surface area contributed by atoms with Crippen LogP contribution < -0.4 is 5.32 Å². The van der Waals surface area contributed by atoms with Gasteiger partial charge in [0.2, 0.25) is 0 Å². The molecule has 4 heteroatoms. The summed E-state index contributed by atoms with van der Waals surface area (Å²) in [5.41, 5.74) is -0.495. The van der Waals surface area contributed by atoms with E-state index in [0.29, 0.717) is 6.04 Å². The minimum atomic E-state index is -0.495. The number of hydrogen-bond donors (Lipinski definition) is 3. The van der Waals surface area contributed by atoms with Crippen molar-refractivity contribution in [3.63, 3.8) is 0 Å². The lowest BCUT2D eigenvalue weighted by Gasteiger charge is -2.34. The first-order valence-electron chi connectivity index (χ1n) is 7.41.